The second-order valence-corrected chi connectivity index (χ2v) is 7.69. The van der Waals surface area contributed by atoms with Crippen LogP contribution in [-0.4, -0.2) is 90.0 Å². The van der Waals surface area contributed by atoms with Crippen molar-refractivity contribution in [2.45, 2.75) is 32.6 Å². The van der Waals surface area contributed by atoms with Crippen molar-refractivity contribution in [2.75, 3.05) is 40.3 Å². The number of benzene rings is 1. The number of guanidine groups is 1. The molecule has 8 nitrogen and oxygen atoms in total. The molecule has 3 rings (SSSR count). The summed E-state index contributed by atoms with van der Waals surface area (Å²) < 4.78 is 0. The van der Waals surface area contributed by atoms with Crippen molar-refractivity contribution in [3.8, 4) is 0 Å². The molecule has 29 heavy (non-hydrogen) atoms. The average Bonchev–Trinajstić information content (AvgIpc) is 3.05. The Morgan fingerprint density at radius 1 is 1.14 bits per heavy atom. The number of carbonyl (C=O) groups excluding carboxylic acids is 2. The molecule has 2 saturated heterocycles. The second kappa shape index (κ2) is 9.00. The molecule has 1 N–H and O–H groups in total. The van der Waals surface area contributed by atoms with Crippen LogP contribution < -0.4 is 5.32 Å². The highest BCUT2D eigenvalue weighted by Gasteiger charge is 2.51. The minimum atomic E-state index is -0.521. The van der Waals surface area contributed by atoms with Crippen LogP contribution in [0.5, 0.6) is 0 Å². The first kappa shape index (κ1) is 21.4. The number of hydrogen-bond donors (Lipinski definition) is 1. The van der Waals surface area contributed by atoms with E-state index in [0.29, 0.717) is 17.5 Å². The van der Waals surface area contributed by atoms with Gasteiger partial charge in [-0.3, -0.25) is 14.7 Å². The zero-order valence-corrected chi connectivity index (χ0v) is 18.2. The zero-order chi connectivity index (χ0) is 21.1. The molecule has 3 amide bonds. The van der Waals surface area contributed by atoms with Crippen LogP contribution in [0.2, 0.25) is 5.02 Å². The van der Waals surface area contributed by atoms with Crippen LogP contribution in [0.4, 0.5) is 4.79 Å². The number of carbonyl (C=O) groups is 2. The van der Waals surface area contributed by atoms with Crippen molar-refractivity contribution >= 4 is 29.5 Å². The largest absolute Gasteiger partial charge is 0.334 e. The highest BCUT2D eigenvalue weighted by molar-refractivity contribution is 6.31. The Morgan fingerprint density at radius 3 is 2.48 bits per heavy atom. The van der Waals surface area contributed by atoms with Gasteiger partial charge in [0.1, 0.15) is 6.17 Å². The van der Waals surface area contributed by atoms with Gasteiger partial charge in [-0.2, -0.15) is 0 Å². The summed E-state index contributed by atoms with van der Waals surface area (Å²) >= 11 is 6.24. The number of nitrogens with one attached hydrogen (secondary N) is 1. The summed E-state index contributed by atoms with van der Waals surface area (Å²) in [4.78, 5) is 37.7. The summed E-state index contributed by atoms with van der Waals surface area (Å²) in [6.07, 6.45) is -0.435. The molecule has 0 radical (unpaired) electrons. The van der Waals surface area contributed by atoms with Gasteiger partial charge in [-0.25, -0.2) is 4.79 Å². The lowest BCUT2D eigenvalue weighted by Crippen LogP contribution is -2.65. The Bertz CT molecular complexity index is 797. The van der Waals surface area contributed by atoms with Crippen molar-refractivity contribution < 1.29 is 9.59 Å². The SMILES string of the molecule is CCN(CC)CCN=C1NC2C(C(=O)N(Cc3ccccc3Cl)C(=O)N2C)N1C. The highest BCUT2D eigenvalue weighted by Crippen LogP contribution is 2.26. The van der Waals surface area contributed by atoms with E-state index in [1.165, 1.54) is 4.90 Å². The van der Waals surface area contributed by atoms with E-state index in [-0.39, 0.29) is 18.5 Å². The van der Waals surface area contributed by atoms with Crippen molar-refractivity contribution in [2.24, 2.45) is 4.99 Å². The topological polar surface area (TPSA) is 71.5 Å². The molecule has 0 spiro atoms. The molecule has 2 fully saturated rings. The first-order valence-electron chi connectivity index (χ1n) is 9.96. The Balaban J connectivity index is 1.76. The van der Waals surface area contributed by atoms with E-state index in [1.807, 2.05) is 30.1 Å². The first-order valence-corrected chi connectivity index (χ1v) is 10.3. The molecule has 1 aromatic rings. The second-order valence-electron chi connectivity index (χ2n) is 7.29. The van der Waals surface area contributed by atoms with Crippen LogP contribution in [-0.2, 0) is 11.3 Å². The summed E-state index contributed by atoms with van der Waals surface area (Å²) in [6.45, 7) is 7.82. The molecule has 0 aromatic heterocycles. The lowest BCUT2D eigenvalue weighted by Gasteiger charge is -2.40. The molecule has 158 valence electrons. The number of nitrogens with zero attached hydrogens (tertiary/aromatic N) is 5. The van der Waals surface area contributed by atoms with Crippen LogP contribution in [0.25, 0.3) is 0 Å². The molecule has 2 aliphatic heterocycles. The number of imide groups is 1. The van der Waals surface area contributed by atoms with E-state index in [9.17, 15) is 9.59 Å². The lowest BCUT2D eigenvalue weighted by atomic mass is 10.1. The normalized spacial score (nSPS) is 23.2. The molecule has 2 unspecified atom stereocenters. The summed E-state index contributed by atoms with van der Waals surface area (Å²) in [5.41, 5.74) is 0.740. The van der Waals surface area contributed by atoms with Crippen molar-refractivity contribution in [3.05, 3.63) is 34.9 Å². The van der Waals surface area contributed by atoms with Crippen LogP contribution in [0.3, 0.4) is 0 Å². The quantitative estimate of drug-likeness (QED) is 0.726. The van der Waals surface area contributed by atoms with Gasteiger partial charge in [-0.1, -0.05) is 43.6 Å². The van der Waals surface area contributed by atoms with Crippen molar-refractivity contribution in [1.29, 1.82) is 0 Å². The molecule has 1 aromatic carbocycles. The number of likely N-dealkylation sites (N-methyl/N-ethyl adjacent to an activating group) is 3. The summed E-state index contributed by atoms with van der Waals surface area (Å²) in [5.74, 6) is 0.390. The number of aliphatic imine (C=N–C) groups is 1. The predicted octanol–water partition coefficient (Wildman–Crippen LogP) is 1.66. The number of halogens is 1. The van der Waals surface area contributed by atoms with Crippen molar-refractivity contribution in [3.63, 3.8) is 0 Å². The fourth-order valence-electron chi connectivity index (χ4n) is 3.77. The van der Waals surface area contributed by atoms with E-state index < -0.39 is 12.2 Å². The molecule has 9 heteroatoms. The Kier molecular flexibility index (Phi) is 6.64. The van der Waals surface area contributed by atoms with Gasteiger partial charge in [0, 0.05) is 25.7 Å². The smallest absolute Gasteiger partial charge is 0.328 e. The van der Waals surface area contributed by atoms with Crippen LogP contribution in [0, 0.1) is 0 Å². The van der Waals surface area contributed by atoms with E-state index in [4.69, 9.17) is 11.6 Å². The maximum Gasteiger partial charge on any atom is 0.328 e. The van der Waals surface area contributed by atoms with Gasteiger partial charge in [0.2, 0.25) is 0 Å². The maximum atomic E-state index is 13.2. The van der Waals surface area contributed by atoms with Gasteiger partial charge in [0.05, 0.1) is 13.1 Å². The number of rotatable bonds is 7. The lowest BCUT2D eigenvalue weighted by molar-refractivity contribution is -0.137. The summed E-state index contributed by atoms with van der Waals surface area (Å²) in [7, 11) is 3.54. The third-order valence-corrected chi connectivity index (χ3v) is 6.02. The number of hydrogen-bond acceptors (Lipinski definition) is 4. The standard InChI is InChI=1S/C20H29ClN6O2/c1-5-26(6-2)12-11-22-19-23-17-16(24(19)3)18(28)27(20(29)25(17)4)13-14-9-7-8-10-15(14)21/h7-10,16-17H,5-6,11-13H2,1-4H3,(H,22,23). The molecular formula is C20H29ClN6O2. The number of fused-ring (bicyclic) bond motifs is 1. The van der Waals surface area contributed by atoms with Crippen LogP contribution in [0.1, 0.15) is 19.4 Å². The van der Waals surface area contributed by atoms with E-state index in [2.05, 4.69) is 29.1 Å². The number of urea groups is 1. The van der Waals surface area contributed by atoms with E-state index in [0.717, 1.165) is 25.2 Å². The molecule has 2 atom stereocenters. The third kappa shape index (κ3) is 4.18. The Morgan fingerprint density at radius 2 is 1.83 bits per heavy atom. The average molecular weight is 421 g/mol. The minimum Gasteiger partial charge on any atom is -0.334 e. The highest BCUT2D eigenvalue weighted by atomic mass is 35.5. The zero-order valence-electron chi connectivity index (χ0n) is 17.4. The monoisotopic (exact) mass is 420 g/mol. The predicted molar refractivity (Wildman–Crippen MR) is 114 cm³/mol. The van der Waals surface area contributed by atoms with Gasteiger partial charge < -0.3 is 20.0 Å². The van der Waals surface area contributed by atoms with Crippen LogP contribution in [0.15, 0.2) is 29.3 Å². The Hall–Kier alpha value is -2.32. The first-order chi connectivity index (χ1) is 13.9. The molecular weight excluding hydrogens is 392 g/mol. The van der Waals surface area contributed by atoms with E-state index in [1.54, 1.807) is 18.0 Å². The maximum absolute atomic E-state index is 13.2. The molecule has 0 saturated carbocycles. The van der Waals surface area contributed by atoms with Gasteiger partial charge in [0.15, 0.2) is 12.0 Å². The summed E-state index contributed by atoms with van der Waals surface area (Å²) in [5, 5.41) is 3.78. The third-order valence-electron chi connectivity index (χ3n) is 5.65. The summed E-state index contributed by atoms with van der Waals surface area (Å²) in [6, 6.07) is 6.38. The fraction of sp³-hybridized carbons (Fsp3) is 0.550. The minimum absolute atomic E-state index is 0.146. The van der Waals surface area contributed by atoms with Crippen LogP contribution >= 0.6 is 11.6 Å². The van der Waals surface area contributed by atoms with Gasteiger partial charge in [-0.05, 0) is 24.7 Å². The van der Waals surface area contributed by atoms with Gasteiger partial charge in [0.25, 0.3) is 5.91 Å². The molecule has 0 bridgehead atoms. The molecule has 2 aliphatic rings. The van der Waals surface area contributed by atoms with E-state index >= 15 is 0 Å². The Labute approximate surface area is 177 Å². The van der Waals surface area contributed by atoms with Crippen molar-refractivity contribution in [1.82, 2.24) is 24.9 Å². The fourth-order valence-corrected chi connectivity index (χ4v) is 3.96. The van der Waals surface area contributed by atoms with Gasteiger partial charge in [-0.15, -0.1) is 0 Å². The molecule has 0 aliphatic carbocycles. The molecule has 2 heterocycles. The van der Waals surface area contributed by atoms with Gasteiger partial charge >= 0.3 is 6.03 Å². The number of amides is 3.